The molecule has 0 saturated heterocycles. The topological polar surface area (TPSA) is 29.1 Å². The monoisotopic (exact) mass is 365 g/mol. The molecule has 19 heavy (non-hydrogen) atoms. The second-order valence-electron chi connectivity index (χ2n) is 4.54. The summed E-state index contributed by atoms with van der Waals surface area (Å²) < 4.78 is 0.976. The van der Waals surface area contributed by atoms with E-state index in [4.69, 9.17) is 0 Å². The van der Waals surface area contributed by atoms with E-state index in [9.17, 15) is 4.79 Å². The van der Waals surface area contributed by atoms with E-state index in [1.54, 1.807) is 0 Å². The number of amides is 1. The lowest BCUT2D eigenvalue weighted by molar-refractivity contribution is 0.0939. The number of benzene rings is 2. The van der Waals surface area contributed by atoms with Crippen molar-refractivity contribution in [3.63, 3.8) is 0 Å². The van der Waals surface area contributed by atoms with Crippen LogP contribution in [0.15, 0.2) is 54.6 Å². The van der Waals surface area contributed by atoms with E-state index in [1.807, 2.05) is 49.4 Å². The Morgan fingerprint density at radius 2 is 1.74 bits per heavy atom. The minimum Gasteiger partial charge on any atom is -0.349 e. The molecule has 0 aliphatic carbocycles. The SMILES string of the molecule is CC(Cc1ccccc1)NC(=O)c1ccccc1I. The van der Waals surface area contributed by atoms with Crippen molar-refractivity contribution in [1.82, 2.24) is 5.32 Å². The predicted octanol–water partition coefficient (Wildman–Crippen LogP) is 3.65. The van der Waals surface area contributed by atoms with E-state index in [2.05, 4.69) is 40.0 Å². The number of hydrogen-bond donors (Lipinski definition) is 1. The highest BCUT2D eigenvalue weighted by atomic mass is 127. The average molecular weight is 365 g/mol. The lowest BCUT2D eigenvalue weighted by Crippen LogP contribution is -2.34. The van der Waals surface area contributed by atoms with Gasteiger partial charge >= 0.3 is 0 Å². The van der Waals surface area contributed by atoms with Gasteiger partial charge in [0.25, 0.3) is 5.91 Å². The van der Waals surface area contributed by atoms with Crippen LogP contribution in [0.4, 0.5) is 0 Å². The minimum atomic E-state index is -0.00608. The van der Waals surface area contributed by atoms with E-state index in [0.717, 1.165) is 15.6 Å². The molecule has 2 rings (SSSR count). The van der Waals surface area contributed by atoms with Crippen LogP contribution in [0.1, 0.15) is 22.8 Å². The van der Waals surface area contributed by atoms with Crippen molar-refractivity contribution in [2.24, 2.45) is 0 Å². The summed E-state index contributed by atoms with van der Waals surface area (Å²) in [4.78, 5) is 12.2. The summed E-state index contributed by atoms with van der Waals surface area (Å²) in [7, 11) is 0. The molecule has 1 unspecified atom stereocenters. The van der Waals surface area contributed by atoms with Gasteiger partial charge < -0.3 is 5.32 Å². The Balaban J connectivity index is 1.98. The molecule has 2 nitrogen and oxygen atoms in total. The Morgan fingerprint density at radius 3 is 2.42 bits per heavy atom. The zero-order valence-corrected chi connectivity index (χ0v) is 12.9. The van der Waals surface area contributed by atoms with Crippen LogP contribution in [0, 0.1) is 3.57 Å². The molecule has 2 aromatic carbocycles. The Bertz CT molecular complexity index is 554. The van der Waals surface area contributed by atoms with E-state index in [-0.39, 0.29) is 11.9 Å². The summed E-state index contributed by atoms with van der Waals surface area (Å²) in [6.45, 7) is 2.03. The summed E-state index contributed by atoms with van der Waals surface area (Å²) >= 11 is 2.19. The van der Waals surface area contributed by atoms with Crippen LogP contribution in [-0.4, -0.2) is 11.9 Å². The first-order chi connectivity index (χ1) is 9.16. The lowest BCUT2D eigenvalue weighted by Gasteiger charge is -2.14. The molecule has 0 aliphatic rings. The molecule has 0 bridgehead atoms. The van der Waals surface area contributed by atoms with Crippen LogP contribution in [0.25, 0.3) is 0 Å². The van der Waals surface area contributed by atoms with Crippen molar-refractivity contribution in [1.29, 1.82) is 0 Å². The van der Waals surface area contributed by atoms with Crippen molar-refractivity contribution in [3.05, 3.63) is 69.3 Å². The highest BCUT2D eigenvalue weighted by Crippen LogP contribution is 2.12. The fraction of sp³-hybridized carbons (Fsp3) is 0.188. The Labute approximate surface area is 127 Å². The van der Waals surface area contributed by atoms with Gasteiger partial charge in [0.15, 0.2) is 0 Å². The van der Waals surface area contributed by atoms with Crippen molar-refractivity contribution in [2.75, 3.05) is 0 Å². The number of carbonyl (C=O) groups is 1. The summed E-state index contributed by atoms with van der Waals surface area (Å²) in [5.41, 5.74) is 1.97. The highest BCUT2D eigenvalue weighted by molar-refractivity contribution is 14.1. The third-order valence-corrected chi connectivity index (χ3v) is 3.82. The zero-order valence-electron chi connectivity index (χ0n) is 10.8. The van der Waals surface area contributed by atoms with E-state index < -0.39 is 0 Å². The van der Waals surface area contributed by atoms with Crippen LogP contribution < -0.4 is 5.32 Å². The number of halogens is 1. The second kappa shape index (κ2) is 6.70. The molecule has 0 radical (unpaired) electrons. The van der Waals surface area contributed by atoms with E-state index in [0.29, 0.717) is 0 Å². The molecule has 0 saturated carbocycles. The molecule has 1 amide bonds. The summed E-state index contributed by atoms with van der Waals surface area (Å²) in [6.07, 6.45) is 0.843. The van der Waals surface area contributed by atoms with Crippen LogP contribution in [-0.2, 0) is 6.42 Å². The largest absolute Gasteiger partial charge is 0.349 e. The molecule has 2 aromatic rings. The zero-order chi connectivity index (χ0) is 13.7. The normalized spacial score (nSPS) is 11.9. The van der Waals surface area contributed by atoms with Gasteiger partial charge in [-0.15, -0.1) is 0 Å². The van der Waals surface area contributed by atoms with Gasteiger partial charge in [-0.1, -0.05) is 42.5 Å². The van der Waals surface area contributed by atoms with Gasteiger partial charge in [0.1, 0.15) is 0 Å². The van der Waals surface area contributed by atoms with Crippen LogP contribution in [0.2, 0.25) is 0 Å². The average Bonchev–Trinajstić information content (AvgIpc) is 2.40. The fourth-order valence-electron chi connectivity index (χ4n) is 1.97. The first-order valence-corrected chi connectivity index (χ1v) is 7.34. The maximum atomic E-state index is 12.2. The number of hydrogen-bond acceptors (Lipinski definition) is 1. The quantitative estimate of drug-likeness (QED) is 0.824. The predicted molar refractivity (Wildman–Crippen MR) is 86.2 cm³/mol. The van der Waals surface area contributed by atoms with Gasteiger partial charge in [0.2, 0.25) is 0 Å². The number of rotatable bonds is 4. The fourth-order valence-corrected chi connectivity index (χ4v) is 2.60. The van der Waals surface area contributed by atoms with Crippen molar-refractivity contribution in [2.45, 2.75) is 19.4 Å². The molecule has 0 aromatic heterocycles. The van der Waals surface area contributed by atoms with Crippen molar-refractivity contribution in [3.8, 4) is 0 Å². The van der Waals surface area contributed by atoms with Gasteiger partial charge in [0, 0.05) is 9.61 Å². The number of nitrogens with one attached hydrogen (secondary N) is 1. The van der Waals surface area contributed by atoms with Gasteiger partial charge in [-0.25, -0.2) is 0 Å². The lowest BCUT2D eigenvalue weighted by atomic mass is 10.1. The maximum Gasteiger partial charge on any atom is 0.252 e. The Morgan fingerprint density at radius 1 is 1.11 bits per heavy atom. The standard InChI is InChI=1S/C16H16INO/c1-12(11-13-7-3-2-4-8-13)18-16(19)14-9-5-6-10-15(14)17/h2-10,12H,11H2,1H3,(H,18,19). The van der Waals surface area contributed by atoms with E-state index >= 15 is 0 Å². The van der Waals surface area contributed by atoms with Gasteiger partial charge in [-0.2, -0.15) is 0 Å². The molecule has 3 heteroatoms. The highest BCUT2D eigenvalue weighted by Gasteiger charge is 2.12. The van der Waals surface area contributed by atoms with Crippen molar-refractivity contribution < 1.29 is 4.79 Å². The molecular formula is C16H16INO. The van der Waals surface area contributed by atoms with Gasteiger partial charge in [-0.05, 0) is 53.6 Å². The van der Waals surface area contributed by atoms with Crippen LogP contribution >= 0.6 is 22.6 Å². The Hall–Kier alpha value is -1.36. The first-order valence-electron chi connectivity index (χ1n) is 6.26. The smallest absolute Gasteiger partial charge is 0.252 e. The molecule has 0 fully saturated rings. The minimum absolute atomic E-state index is 0.00608. The third-order valence-electron chi connectivity index (χ3n) is 2.88. The Kier molecular flexibility index (Phi) is 4.96. The second-order valence-corrected chi connectivity index (χ2v) is 5.71. The molecule has 98 valence electrons. The van der Waals surface area contributed by atoms with Crippen LogP contribution in [0.3, 0.4) is 0 Å². The molecule has 0 heterocycles. The molecule has 0 spiro atoms. The van der Waals surface area contributed by atoms with Gasteiger partial charge in [-0.3, -0.25) is 4.79 Å². The molecule has 1 N–H and O–H groups in total. The van der Waals surface area contributed by atoms with Crippen LogP contribution in [0.5, 0.6) is 0 Å². The first kappa shape index (κ1) is 14.1. The molecular weight excluding hydrogens is 349 g/mol. The molecule has 0 aliphatic heterocycles. The third kappa shape index (κ3) is 4.06. The van der Waals surface area contributed by atoms with Gasteiger partial charge in [0.05, 0.1) is 5.56 Å². The number of carbonyl (C=O) groups excluding carboxylic acids is 1. The summed E-state index contributed by atoms with van der Waals surface area (Å²) in [5.74, 6) is -0.00608. The van der Waals surface area contributed by atoms with Crippen molar-refractivity contribution >= 4 is 28.5 Å². The molecule has 1 atom stereocenters. The summed E-state index contributed by atoms with van der Waals surface area (Å²) in [6, 6.07) is 17.9. The summed E-state index contributed by atoms with van der Waals surface area (Å²) in [5, 5.41) is 3.04. The van der Waals surface area contributed by atoms with E-state index in [1.165, 1.54) is 5.56 Å². The maximum absolute atomic E-state index is 12.2.